The Balaban J connectivity index is 0.952. The molecule has 4 heterocycles. The molecule has 2 bridgehead atoms. The molecule has 7 heteroatoms. The molecule has 2 saturated heterocycles. The fourth-order valence-corrected chi connectivity index (χ4v) is 7.60. The number of hydrogen-bond donors (Lipinski definition) is 2. The van der Waals surface area contributed by atoms with E-state index in [2.05, 4.69) is 57.6 Å². The molecule has 2 fully saturated rings. The minimum absolute atomic E-state index is 0.0186. The van der Waals surface area contributed by atoms with E-state index in [4.69, 9.17) is 0 Å². The number of nitrogens with one attached hydrogen (secondary N) is 2. The van der Waals surface area contributed by atoms with E-state index in [9.17, 15) is 9.59 Å². The zero-order chi connectivity index (χ0) is 29.9. The first-order chi connectivity index (χ1) is 20.9. The van der Waals surface area contributed by atoms with Gasteiger partial charge in [-0.25, -0.2) is 0 Å². The Morgan fingerprint density at radius 3 is 2.53 bits per heavy atom. The number of aromatic amines is 1. The van der Waals surface area contributed by atoms with Crippen LogP contribution < -0.4 is 10.9 Å². The van der Waals surface area contributed by atoms with E-state index < -0.39 is 0 Å². The normalized spacial score (nSPS) is 20.5. The molecule has 0 saturated carbocycles. The number of hydrogen-bond acceptors (Lipinski definition) is 4. The molecule has 2 aliphatic rings. The number of para-hydroxylation sites is 2. The topological polar surface area (TPSA) is 73.4 Å². The highest BCUT2D eigenvalue weighted by atomic mass is 16.2. The molecule has 0 spiro atoms. The fourth-order valence-electron chi connectivity index (χ4n) is 7.60. The quantitative estimate of drug-likeness (QED) is 0.197. The van der Waals surface area contributed by atoms with Crippen LogP contribution in [0.2, 0.25) is 0 Å². The van der Waals surface area contributed by atoms with Crippen molar-refractivity contribution in [2.45, 2.75) is 89.4 Å². The van der Waals surface area contributed by atoms with Crippen molar-refractivity contribution >= 4 is 27.7 Å². The minimum Gasteiger partial charge on any atom is -0.361 e. The Labute approximate surface area is 255 Å². The molecule has 2 aliphatic heterocycles. The van der Waals surface area contributed by atoms with Crippen molar-refractivity contribution in [3.63, 3.8) is 0 Å². The van der Waals surface area contributed by atoms with Gasteiger partial charge in [-0.1, -0.05) is 42.8 Å². The van der Waals surface area contributed by atoms with E-state index in [1.807, 2.05) is 38.1 Å². The van der Waals surface area contributed by atoms with Gasteiger partial charge in [0.15, 0.2) is 0 Å². The molecular weight excluding hydrogens is 534 g/mol. The van der Waals surface area contributed by atoms with Crippen molar-refractivity contribution in [1.29, 1.82) is 0 Å². The predicted octanol–water partition coefficient (Wildman–Crippen LogP) is 6.13. The maximum absolute atomic E-state index is 13.4. The van der Waals surface area contributed by atoms with Gasteiger partial charge >= 0.3 is 0 Å². The summed E-state index contributed by atoms with van der Waals surface area (Å²) >= 11 is 0. The van der Waals surface area contributed by atoms with Crippen molar-refractivity contribution in [1.82, 2.24) is 24.7 Å². The zero-order valence-corrected chi connectivity index (χ0v) is 26.0. The molecular formula is C36H47N5O2. The van der Waals surface area contributed by atoms with E-state index in [0.29, 0.717) is 12.1 Å². The molecule has 3 atom stereocenters. The summed E-state index contributed by atoms with van der Waals surface area (Å²) in [7, 11) is 2.24. The van der Waals surface area contributed by atoms with Crippen molar-refractivity contribution in [3.8, 4) is 0 Å². The van der Waals surface area contributed by atoms with Gasteiger partial charge in [-0.3, -0.25) is 14.5 Å². The third kappa shape index (κ3) is 6.43. The van der Waals surface area contributed by atoms with Gasteiger partial charge in [-0.15, -0.1) is 0 Å². The van der Waals surface area contributed by atoms with Crippen LogP contribution in [0.15, 0.2) is 65.6 Å². The molecule has 2 aromatic carbocycles. The summed E-state index contributed by atoms with van der Waals surface area (Å²) in [6.45, 7) is 7.35. The summed E-state index contributed by atoms with van der Waals surface area (Å²) in [4.78, 5) is 35.3. The molecule has 43 heavy (non-hydrogen) atoms. The number of carbonyl (C=O) groups is 1. The highest BCUT2D eigenvalue weighted by molar-refractivity contribution is 5.97. The number of pyridine rings is 1. The fraction of sp³-hybridized carbons (Fsp3) is 0.500. The van der Waals surface area contributed by atoms with Gasteiger partial charge < -0.3 is 19.8 Å². The molecule has 2 aromatic heterocycles. The van der Waals surface area contributed by atoms with Gasteiger partial charge in [0.2, 0.25) is 0 Å². The number of amides is 1. The SMILES string of the molecule is CC(C)n1c(=O)c(C(=O)NC2C[C@H]3CC[C@@H](C2)N3CCCCCN(C)CCc2c[nH]c3ccccc23)cc2ccccc21. The van der Waals surface area contributed by atoms with Gasteiger partial charge in [0.25, 0.3) is 11.5 Å². The van der Waals surface area contributed by atoms with E-state index >= 15 is 0 Å². The van der Waals surface area contributed by atoms with Gasteiger partial charge in [0.05, 0.1) is 5.52 Å². The van der Waals surface area contributed by atoms with Gasteiger partial charge in [0.1, 0.15) is 5.56 Å². The summed E-state index contributed by atoms with van der Waals surface area (Å²) in [5.41, 5.74) is 3.56. The van der Waals surface area contributed by atoms with Crippen LogP contribution in [0, 0.1) is 0 Å². The highest BCUT2D eigenvalue weighted by Crippen LogP contribution is 2.36. The standard InChI is InChI=1S/C36H47N5O2/c1-25(2)41-34-14-8-5-11-26(34)21-32(36(41)43)35(42)38-28-22-29-15-16-30(23-28)40(29)19-10-4-9-18-39(3)20-17-27-24-37-33-13-7-6-12-31(27)33/h5-8,11-14,21,24-25,28-30,37H,4,9-10,15-20,22-23H2,1-3H3,(H,38,42)/t28?,29-,30+. The predicted molar refractivity (Wildman–Crippen MR) is 176 cm³/mol. The number of carbonyl (C=O) groups excluding carboxylic acids is 1. The number of H-pyrrole nitrogens is 1. The van der Waals surface area contributed by atoms with Crippen molar-refractivity contribution < 1.29 is 4.79 Å². The van der Waals surface area contributed by atoms with Gasteiger partial charge in [0, 0.05) is 47.8 Å². The third-order valence-electron chi connectivity index (χ3n) is 9.82. The van der Waals surface area contributed by atoms with Crippen LogP contribution in [0.5, 0.6) is 0 Å². The number of likely N-dealkylation sites (N-methyl/N-ethyl adjacent to an activating group) is 1. The van der Waals surface area contributed by atoms with Gasteiger partial charge in [-0.05, 0) is 108 Å². The number of unbranched alkanes of at least 4 members (excludes halogenated alkanes) is 2. The Bertz CT molecular complexity index is 1610. The average Bonchev–Trinajstić information content (AvgIpc) is 3.51. The molecule has 2 N–H and O–H groups in total. The van der Waals surface area contributed by atoms with Crippen LogP contribution in [-0.2, 0) is 6.42 Å². The lowest BCUT2D eigenvalue weighted by Crippen LogP contribution is -2.51. The van der Waals surface area contributed by atoms with Crippen molar-refractivity contribution in [2.24, 2.45) is 0 Å². The lowest BCUT2D eigenvalue weighted by Gasteiger charge is -2.39. The second-order valence-corrected chi connectivity index (χ2v) is 13.1. The summed E-state index contributed by atoms with van der Waals surface area (Å²) in [5, 5.41) is 5.53. The summed E-state index contributed by atoms with van der Waals surface area (Å²) < 4.78 is 1.75. The molecule has 1 amide bonds. The Morgan fingerprint density at radius 2 is 1.74 bits per heavy atom. The van der Waals surface area contributed by atoms with Crippen LogP contribution in [0.4, 0.5) is 0 Å². The summed E-state index contributed by atoms with van der Waals surface area (Å²) in [6.07, 6.45) is 11.3. The molecule has 0 radical (unpaired) electrons. The zero-order valence-electron chi connectivity index (χ0n) is 26.0. The van der Waals surface area contributed by atoms with E-state index in [0.717, 1.165) is 49.8 Å². The maximum atomic E-state index is 13.4. The first-order valence-electron chi connectivity index (χ1n) is 16.3. The highest BCUT2D eigenvalue weighted by Gasteiger charge is 2.40. The number of fused-ring (bicyclic) bond motifs is 4. The molecule has 1 unspecified atom stereocenters. The largest absolute Gasteiger partial charge is 0.361 e. The molecule has 7 nitrogen and oxygen atoms in total. The minimum atomic E-state index is -0.225. The van der Waals surface area contributed by atoms with Crippen LogP contribution in [-0.4, -0.2) is 70.1 Å². The van der Waals surface area contributed by atoms with Crippen LogP contribution in [0.25, 0.3) is 21.8 Å². The molecule has 0 aliphatic carbocycles. The van der Waals surface area contributed by atoms with E-state index in [1.165, 1.54) is 48.6 Å². The number of aromatic nitrogens is 2. The van der Waals surface area contributed by atoms with Crippen molar-refractivity contribution in [2.75, 3.05) is 26.7 Å². The third-order valence-corrected chi connectivity index (χ3v) is 9.82. The Morgan fingerprint density at radius 1 is 1.00 bits per heavy atom. The molecule has 4 aromatic rings. The Hall–Kier alpha value is -3.42. The summed E-state index contributed by atoms with van der Waals surface area (Å²) in [5.74, 6) is -0.225. The second-order valence-electron chi connectivity index (χ2n) is 13.1. The smallest absolute Gasteiger partial charge is 0.264 e. The number of piperidine rings is 1. The second kappa shape index (κ2) is 13.1. The first kappa shape index (κ1) is 29.6. The molecule has 6 rings (SSSR count). The lowest BCUT2D eigenvalue weighted by atomic mass is 9.96. The molecule has 228 valence electrons. The first-order valence-corrected chi connectivity index (χ1v) is 16.3. The summed E-state index contributed by atoms with van der Waals surface area (Å²) in [6, 6.07) is 19.3. The van der Waals surface area contributed by atoms with Gasteiger partial charge in [-0.2, -0.15) is 0 Å². The van der Waals surface area contributed by atoms with Crippen LogP contribution in [0.3, 0.4) is 0 Å². The van der Waals surface area contributed by atoms with Crippen LogP contribution in [0.1, 0.15) is 80.8 Å². The lowest BCUT2D eigenvalue weighted by molar-refractivity contribution is 0.0839. The number of nitrogens with zero attached hydrogens (tertiary/aromatic N) is 3. The van der Waals surface area contributed by atoms with Crippen LogP contribution >= 0.6 is 0 Å². The van der Waals surface area contributed by atoms with E-state index in [-0.39, 0.29) is 29.1 Å². The Kier molecular flexibility index (Phi) is 9.01. The number of benzene rings is 2. The average molecular weight is 582 g/mol. The maximum Gasteiger partial charge on any atom is 0.264 e. The van der Waals surface area contributed by atoms with Crippen molar-refractivity contribution in [3.05, 3.63) is 82.3 Å². The number of rotatable bonds is 12. The van der Waals surface area contributed by atoms with E-state index in [1.54, 1.807) is 10.6 Å². The monoisotopic (exact) mass is 581 g/mol.